The third-order valence-electron chi connectivity index (χ3n) is 8.91. The molecule has 2 heterocycles. The van der Waals surface area contributed by atoms with Gasteiger partial charge in [-0.15, -0.1) is 0 Å². The first-order valence-corrected chi connectivity index (χ1v) is 16.1. The number of aliphatic carboxylic acids is 1. The maximum atomic E-state index is 14.5. The second-order valence-electron chi connectivity index (χ2n) is 12.5. The third-order valence-corrected chi connectivity index (χ3v) is 8.91. The lowest BCUT2D eigenvalue weighted by atomic mass is 9.86. The van der Waals surface area contributed by atoms with Crippen molar-refractivity contribution in [3.05, 3.63) is 58.3 Å². The second kappa shape index (κ2) is 13.6. The molecule has 2 N–H and O–H groups in total. The van der Waals surface area contributed by atoms with E-state index in [0.717, 1.165) is 36.8 Å². The molecule has 1 aliphatic heterocycles. The summed E-state index contributed by atoms with van der Waals surface area (Å²) in [6.07, 6.45) is -2.23. The predicted molar refractivity (Wildman–Crippen MR) is 181 cm³/mol. The van der Waals surface area contributed by atoms with Crippen LogP contribution in [0.2, 0.25) is 0 Å². The molecule has 47 heavy (non-hydrogen) atoms. The molecule has 0 aliphatic carbocycles. The average Bonchev–Trinajstić information content (AvgIpc) is 3.02. The van der Waals surface area contributed by atoms with E-state index in [9.17, 15) is 19.2 Å². The van der Waals surface area contributed by atoms with Crippen LogP contribution >= 0.6 is 0 Å². The Balaban J connectivity index is 1.75. The van der Waals surface area contributed by atoms with Gasteiger partial charge in [-0.2, -0.15) is 0 Å². The minimum atomic E-state index is -1.19. The standard InChI is InChI=1S/C36H43N3O8/c1-7-39(8-2)17-11-16-37-25-20-27-31(34(45-21(3)40)35(36(4,5)47-27)46-29(43)15-14-28(41)42)32-30(25)33(44)24-18-22-12-9-10-13-23(22)19-26(24)38(32)6/h9-10,12-13,18-20,34-35,37H,7-8,11,14-17H2,1-6H3,(H,41,42). The van der Waals surface area contributed by atoms with E-state index in [-0.39, 0.29) is 11.8 Å². The van der Waals surface area contributed by atoms with Crippen LogP contribution in [0, 0.1) is 0 Å². The first-order valence-electron chi connectivity index (χ1n) is 16.1. The number of anilines is 1. The van der Waals surface area contributed by atoms with Gasteiger partial charge in [0.05, 0.1) is 40.5 Å². The number of hydrogen-bond acceptors (Lipinski definition) is 9. The molecule has 5 rings (SSSR count). The number of nitrogens with zero attached hydrogens (tertiary/aromatic N) is 2. The highest BCUT2D eigenvalue weighted by Crippen LogP contribution is 2.48. The summed E-state index contributed by atoms with van der Waals surface area (Å²) in [5.74, 6) is -2.14. The van der Waals surface area contributed by atoms with Gasteiger partial charge in [0.2, 0.25) is 0 Å². The zero-order valence-electron chi connectivity index (χ0n) is 27.8. The van der Waals surface area contributed by atoms with Crippen LogP contribution in [-0.2, 0) is 30.9 Å². The lowest BCUT2D eigenvalue weighted by molar-refractivity contribution is -0.189. The molecule has 1 aromatic heterocycles. The van der Waals surface area contributed by atoms with Crippen LogP contribution in [0.4, 0.5) is 5.69 Å². The van der Waals surface area contributed by atoms with Crippen molar-refractivity contribution in [1.29, 1.82) is 0 Å². The molecule has 11 nitrogen and oxygen atoms in total. The summed E-state index contributed by atoms with van der Waals surface area (Å²) in [7, 11) is 1.85. The van der Waals surface area contributed by atoms with Crippen molar-refractivity contribution in [3.8, 4) is 5.75 Å². The molecule has 2 unspecified atom stereocenters. The Morgan fingerprint density at radius 1 is 1.04 bits per heavy atom. The first kappa shape index (κ1) is 33.7. The molecule has 250 valence electrons. The maximum Gasteiger partial charge on any atom is 0.306 e. The van der Waals surface area contributed by atoms with E-state index in [1.807, 2.05) is 48.0 Å². The summed E-state index contributed by atoms with van der Waals surface area (Å²) < 4.78 is 20.2. The highest BCUT2D eigenvalue weighted by atomic mass is 16.6. The van der Waals surface area contributed by atoms with Gasteiger partial charge in [0.15, 0.2) is 17.6 Å². The molecule has 0 fully saturated rings. The van der Waals surface area contributed by atoms with Crippen molar-refractivity contribution in [1.82, 2.24) is 9.47 Å². The average molecular weight is 646 g/mol. The number of carboxylic acids is 1. The van der Waals surface area contributed by atoms with E-state index in [4.69, 9.17) is 19.3 Å². The van der Waals surface area contributed by atoms with Gasteiger partial charge in [-0.25, -0.2) is 0 Å². The summed E-state index contributed by atoms with van der Waals surface area (Å²) in [4.78, 5) is 53.5. The number of nitrogens with one attached hydrogen (secondary N) is 1. The van der Waals surface area contributed by atoms with Gasteiger partial charge in [0, 0.05) is 32.0 Å². The van der Waals surface area contributed by atoms with Crippen molar-refractivity contribution in [2.75, 3.05) is 31.5 Å². The van der Waals surface area contributed by atoms with Crippen molar-refractivity contribution in [2.24, 2.45) is 7.05 Å². The van der Waals surface area contributed by atoms with Crippen LogP contribution in [0.15, 0.2) is 47.3 Å². The fourth-order valence-electron chi connectivity index (χ4n) is 6.52. The number of aryl methyl sites for hydroxylation is 1. The van der Waals surface area contributed by atoms with Crippen LogP contribution in [0.1, 0.15) is 65.5 Å². The van der Waals surface area contributed by atoms with Gasteiger partial charge >= 0.3 is 17.9 Å². The highest BCUT2D eigenvalue weighted by molar-refractivity contribution is 6.06. The van der Waals surface area contributed by atoms with Crippen molar-refractivity contribution in [3.63, 3.8) is 0 Å². The van der Waals surface area contributed by atoms with E-state index in [1.54, 1.807) is 19.9 Å². The Hall–Kier alpha value is -4.64. The minimum Gasteiger partial charge on any atom is -0.483 e. The van der Waals surface area contributed by atoms with Crippen LogP contribution in [0.25, 0.3) is 32.6 Å². The van der Waals surface area contributed by atoms with Crippen molar-refractivity contribution >= 4 is 56.2 Å². The minimum absolute atomic E-state index is 0.200. The van der Waals surface area contributed by atoms with Gasteiger partial charge in [-0.3, -0.25) is 19.2 Å². The zero-order valence-corrected chi connectivity index (χ0v) is 27.8. The topological polar surface area (TPSA) is 136 Å². The highest BCUT2D eigenvalue weighted by Gasteiger charge is 2.50. The van der Waals surface area contributed by atoms with Gasteiger partial charge in [0.1, 0.15) is 11.4 Å². The van der Waals surface area contributed by atoms with Crippen molar-refractivity contribution in [2.45, 2.75) is 71.7 Å². The second-order valence-corrected chi connectivity index (χ2v) is 12.5. The number of carboxylic acid groups (broad SMARTS) is 1. The molecule has 0 saturated heterocycles. The van der Waals surface area contributed by atoms with Crippen LogP contribution in [-0.4, -0.2) is 70.4 Å². The number of rotatable bonds is 12. The molecule has 1 aliphatic rings. The molecule has 2 atom stereocenters. The number of fused-ring (bicyclic) bond motifs is 5. The quantitative estimate of drug-likeness (QED) is 0.115. The third kappa shape index (κ3) is 6.76. The summed E-state index contributed by atoms with van der Waals surface area (Å²) in [6, 6.07) is 13.4. The number of carbonyl (C=O) groups excluding carboxylic acids is 2. The summed E-state index contributed by atoms with van der Waals surface area (Å²) in [5, 5.41) is 15.4. The van der Waals surface area contributed by atoms with E-state index in [2.05, 4.69) is 24.1 Å². The van der Waals surface area contributed by atoms with Crippen LogP contribution in [0.5, 0.6) is 5.75 Å². The first-order chi connectivity index (χ1) is 22.4. The largest absolute Gasteiger partial charge is 0.483 e. The Bertz CT molecular complexity index is 1910. The van der Waals surface area contributed by atoms with E-state index < -0.39 is 42.1 Å². The number of aromatic nitrogens is 1. The van der Waals surface area contributed by atoms with Crippen LogP contribution in [0.3, 0.4) is 0 Å². The molecule has 0 spiro atoms. The number of carbonyl (C=O) groups is 3. The molecular formula is C36H43N3O8. The van der Waals surface area contributed by atoms with Gasteiger partial charge in [-0.1, -0.05) is 38.1 Å². The number of esters is 2. The number of benzene rings is 3. The van der Waals surface area contributed by atoms with Crippen molar-refractivity contribution < 1.29 is 33.7 Å². The molecular weight excluding hydrogens is 602 g/mol. The molecule has 0 bridgehead atoms. The predicted octanol–water partition coefficient (Wildman–Crippen LogP) is 5.54. The monoisotopic (exact) mass is 645 g/mol. The summed E-state index contributed by atoms with van der Waals surface area (Å²) in [5.41, 5.74) is 0.746. The molecule has 4 aromatic rings. The fourth-order valence-corrected chi connectivity index (χ4v) is 6.52. The Morgan fingerprint density at radius 2 is 1.72 bits per heavy atom. The SMILES string of the molecule is CCN(CC)CCCNc1cc2c(c3c1c(=O)c1cc4ccccc4cc1n3C)C(OC(C)=O)C(OC(=O)CCC(=O)O)C(C)(C)O2. The fraction of sp³-hybridized carbons (Fsp3) is 0.444. The van der Waals surface area contributed by atoms with Gasteiger partial charge < -0.3 is 34.1 Å². The van der Waals surface area contributed by atoms with E-state index >= 15 is 0 Å². The lowest BCUT2D eigenvalue weighted by Gasteiger charge is -2.44. The summed E-state index contributed by atoms with van der Waals surface area (Å²) >= 11 is 0. The maximum absolute atomic E-state index is 14.5. The normalized spacial score (nSPS) is 17.0. The summed E-state index contributed by atoms with van der Waals surface area (Å²) in [6.45, 7) is 12.3. The van der Waals surface area contributed by atoms with Gasteiger partial charge in [-0.05, 0) is 62.8 Å². The van der Waals surface area contributed by atoms with Gasteiger partial charge in [0.25, 0.3) is 0 Å². The molecule has 0 amide bonds. The lowest BCUT2D eigenvalue weighted by Crippen LogP contribution is -2.52. The molecule has 0 saturated carbocycles. The molecule has 11 heteroatoms. The number of hydrogen-bond donors (Lipinski definition) is 2. The number of pyridine rings is 1. The van der Waals surface area contributed by atoms with Crippen LogP contribution < -0.4 is 15.5 Å². The smallest absolute Gasteiger partial charge is 0.306 e. The number of ether oxygens (including phenoxy) is 3. The Kier molecular flexibility index (Phi) is 9.76. The zero-order chi connectivity index (χ0) is 34.0. The van der Waals surface area contributed by atoms with E-state index in [1.165, 1.54) is 6.92 Å². The van der Waals surface area contributed by atoms with E-state index in [0.29, 0.717) is 45.4 Å². The molecule has 0 radical (unpaired) electrons. The molecule has 3 aromatic carbocycles. The Morgan fingerprint density at radius 3 is 2.36 bits per heavy atom. The Labute approximate surface area is 273 Å².